The van der Waals surface area contributed by atoms with Gasteiger partial charge < -0.3 is 0 Å². The van der Waals surface area contributed by atoms with Crippen molar-refractivity contribution in [3.05, 3.63) is 0 Å². The highest BCUT2D eigenvalue weighted by atomic mass is 14.3. The summed E-state index contributed by atoms with van der Waals surface area (Å²) in [6.07, 6.45) is 7.21. The van der Waals surface area contributed by atoms with Crippen molar-refractivity contribution in [2.75, 3.05) is 0 Å². The first-order valence-corrected chi connectivity index (χ1v) is 5.55. The molecule has 0 radical (unpaired) electrons. The average Bonchev–Trinajstić information content (AvgIpc) is 2.03. The van der Waals surface area contributed by atoms with Crippen LogP contribution in [0.4, 0.5) is 0 Å². The molecule has 0 saturated heterocycles. The van der Waals surface area contributed by atoms with E-state index in [1.807, 2.05) is 0 Å². The highest BCUT2D eigenvalue weighted by Gasteiger charge is 2.28. The van der Waals surface area contributed by atoms with Gasteiger partial charge in [-0.05, 0) is 42.9 Å². The molecule has 1 aliphatic rings. The van der Waals surface area contributed by atoms with Gasteiger partial charge in [0, 0.05) is 0 Å². The molecule has 0 nitrogen and oxygen atoms in total. The zero-order valence-corrected chi connectivity index (χ0v) is 9.19. The largest absolute Gasteiger partial charge is 0.0651 e. The molecule has 1 atom stereocenters. The Morgan fingerprint density at radius 1 is 1.25 bits per heavy atom. The number of rotatable bonds is 2. The third kappa shape index (κ3) is 2.50. The van der Waals surface area contributed by atoms with E-state index in [0.717, 1.165) is 11.8 Å². The van der Waals surface area contributed by atoms with Crippen molar-refractivity contribution in [1.82, 2.24) is 0 Å². The lowest BCUT2D eigenvalue weighted by molar-refractivity contribution is 0.153. The Kier molecular flexibility index (Phi) is 3.20. The molecule has 1 saturated carbocycles. The van der Waals surface area contributed by atoms with Crippen LogP contribution in [0.3, 0.4) is 0 Å². The van der Waals surface area contributed by atoms with E-state index in [0.29, 0.717) is 5.41 Å². The minimum Gasteiger partial charge on any atom is -0.0651 e. The first-order chi connectivity index (χ1) is 5.55. The summed E-state index contributed by atoms with van der Waals surface area (Å²) in [5, 5.41) is 0. The molecular weight excluding hydrogens is 144 g/mol. The summed E-state index contributed by atoms with van der Waals surface area (Å²) in [5.74, 6) is 1.99. The lowest BCUT2D eigenvalue weighted by Crippen LogP contribution is -2.24. The van der Waals surface area contributed by atoms with E-state index in [1.165, 1.54) is 32.1 Å². The molecule has 0 aliphatic heterocycles. The summed E-state index contributed by atoms with van der Waals surface area (Å²) in [6.45, 7) is 9.58. The molecule has 0 heterocycles. The van der Waals surface area contributed by atoms with E-state index in [4.69, 9.17) is 0 Å². The number of hydrogen-bond acceptors (Lipinski definition) is 0. The van der Waals surface area contributed by atoms with Crippen LogP contribution in [0.25, 0.3) is 0 Å². The Hall–Kier alpha value is 0. The van der Waals surface area contributed by atoms with Gasteiger partial charge in [-0.25, -0.2) is 0 Å². The zero-order chi connectivity index (χ0) is 9.19. The van der Waals surface area contributed by atoms with Crippen molar-refractivity contribution in [3.8, 4) is 0 Å². The molecule has 1 aliphatic carbocycles. The van der Waals surface area contributed by atoms with Crippen molar-refractivity contribution >= 4 is 0 Å². The normalized spacial score (nSPS) is 27.0. The molecule has 1 fully saturated rings. The molecule has 0 aromatic carbocycles. The minimum atomic E-state index is 0.643. The SMILES string of the molecule is CCC(C)C1CCC(C)(C)CC1. The third-order valence-corrected chi connectivity index (χ3v) is 3.83. The summed E-state index contributed by atoms with van der Waals surface area (Å²) in [5.41, 5.74) is 0.643. The molecule has 12 heavy (non-hydrogen) atoms. The topological polar surface area (TPSA) is 0 Å². The Morgan fingerprint density at radius 3 is 2.17 bits per heavy atom. The zero-order valence-electron chi connectivity index (χ0n) is 9.19. The summed E-state index contributed by atoms with van der Waals surface area (Å²) in [6, 6.07) is 0. The van der Waals surface area contributed by atoms with Crippen molar-refractivity contribution in [3.63, 3.8) is 0 Å². The standard InChI is InChI=1S/C12H24/c1-5-10(2)11-6-8-12(3,4)9-7-11/h10-11H,5-9H2,1-4H3. The monoisotopic (exact) mass is 168 g/mol. The van der Waals surface area contributed by atoms with Crippen molar-refractivity contribution < 1.29 is 0 Å². The lowest BCUT2D eigenvalue weighted by Gasteiger charge is -2.36. The molecule has 0 aromatic rings. The van der Waals surface area contributed by atoms with E-state index in [2.05, 4.69) is 27.7 Å². The fourth-order valence-electron chi connectivity index (χ4n) is 2.32. The average molecular weight is 168 g/mol. The van der Waals surface area contributed by atoms with Crippen LogP contribution in [-0.2, 0) is 0 Å². The fourth-order valence-corrected chi connectivity index (χ4v) is 2.32. The van der Waals surface area contributed by atoms with Crippen LogP contribution in [0, 0.1) is 17.3 Å². The molecule has 0 aromatic heterocycles. The van der Waals surface area contributed by atoms with Gasteiger partial charge in [0.05, 0.1) is 0 Å². The second kappa shape index (κ2) is 3.81. The van der Waals surface area contributed by atoms with Gasteiger partial charge in [0.15, 0.2) is 0 Å². The molecule has 0 N–H and O–H groups in total. The van der Waals surface area contributed by atoms with Gasteiger partial charge in [-0.1, -0.05) is 34.1 Å². The Morgan fingerprint density at radius 2 is 1.75 bits per heavy atom. The highest BCUT2D eigenvalue weighted by Crippen LogP contribution is 2.41. The van der Waals surface area contributed by atoms with Crippen LogP contribution in [0.2, 0.25) is 0 Å². The Labute approximate surface area is 77.7 Å². The summed E-state index contributed by atoms with van der Waals surface area (Å²) >= 11 is 0. The Bertz CT molecular complexity index is 125. The molecule has 0 heteroatoms. The molecule has 1 rings (SSSR count). The maximum atomic E-state index is 2.42. The van der Waals surface area contributed by atoms with Gasteiger partial charge in [-0.3, -0.25) is 0 Å². The lowest BCUT2D eigenvalue weighted by atomic mass is 9.69. The summed E-state index contributed by atoms with van der Waals surface area (Å²) < 4.78 is 0. The number of hydrogen-bond donors (Lipinski definition) is 0. The van der Waals surface area contributed by atoms with Crippen molar-refractivity contribution in [2.24, 2.45) is 17.3 Å². The molecule has 72 valence electrons. The van der Waals surface area contributed by atoms with Gasteiger partial charge in [0.1, 0.15) is 0 Å². The first-order valence-electron chi connectivity index (χ1n) is 5.55. The van der Waals surface area contributed by atoms with E-state index in [1.54, 1.807) is 0 Å². The fraction of sp³-hybridized carbons (Fsp3) is 1.00. The van der Waals surface area contributed by atoms with E-state index >= 15 is 0 Å². The van der Waals surface area contributed by atoms with Crippen LogP contribution in [-0.4, -0.2) is 0 Å². The predicted octanol–water partition coefficient (Wildman–Crippen LogP) is 4.25. The van der Waals surface area contributed by atoms with Crippen LogP contribution in [0.5, 0.6) is 0 Å². The molecule has 0 amide bonds. The Balaban J connectivity index is 2.36. The summed E-state index contributed by atoms with van der Waals surface area (Å²) in [4.78, 5) is 0. The van der Waals surface area contributed by atoms with Gasteiger partial charge in [0.25, 0.3) is 0 Å². The second-order valence-electron chi connectivity index (χ2n) is 5.39. The maximum absolute atomic E-state index is 2.42. The smallest absolute Gasteiger partial charge is 0.0354 e. The van der Waals surface area contributed by atoms with E-state index in [9.17, 15) is 0 Å². The molecular formula is C12H24. The van der Waals surface area contributed by atoms with Crippen LogP contribution >= 0.6 is 0 Å². The van der Waals surface area contributed by atoms with Crippen molar-refractivity contribution in [2.45, 2.75) is 59.8 Å². The molecule has 0 spiro atoms. The van der Waals surface area contributed by atoms with Gasteiger partial charge >= 0.3 is 0 Å². The van der Waals surface area contributed by atoms with Crippen LogP contribution < -0.4 is 0 Å². The van der Waals surface area contributed by atoms with Gasteiger partial charge in [-0.2, -0.15) is 0 Å². The van der Waals surface area contributed by atoms with Gasteiger partial charge in [-0.15, -0.1) is 0 Å². The summed E-state index contributed by atoms with van der Waals surface area (Å²) in [7, 11) is 0. The minimum absolute atomic E-state index is 0.643. The third-order valence-electron chi connectivity index (χ3n) is 3.83. The van der Waals surface area contributed by atoms with E-state index < -0.39 is 0 Å². The van der Waals surface area contributed by atoms with Crippen molar-refractivity contribution in [1.29, 1.82) is 0 Å². The van der Waals surface area contributed by atoms with Crippen LogP contribution in [0.1, 0.15) is 59.8 Å². The quantitative estimate of drug-likeness (QED) is 0.578. The molecule has 1 unspecified atom stereocenters. The highest BCUT2D eigenvalue weighted by molar-refractivity contribution is 4.80. The van der Waals surface area contributed by atoms with Crippen LogP contribution in [0.15, 0.2) is 0 Å². The van der Waals surface area contributed by atoms with E-state index in [-0.39, 0.29) is 0 Å². The second-order valence-corrected chi connectivity index (χ2v) is 5.39. The first kappa shape index (κ1) is 10.1. The predicted molar refractivity (Wildman–Crippen MR) is 55.2 cm³/mol. The van der Waals surface area contributed by atoms with Gasteiger partial charge in [0.2, 0.25) is 0 Å². The molecule has 0 bridgehead atoms. The maximum Gasteiger partial charge on any atom is -0.0354 e.